The van der Waals surface area contributed by atoms with Crippen molar-refractivity contribution in [2.24, 2.45) is 0 Å². The van der Waals surface area contributed by atoms with Crippen LogP contribution in [0.1, 0.15) is 22.6 Å². The number of hydrogen-bond acceptors (Lipinski definition) is 3. The van der Waals surface area contributed by atoms with Crippen molar-refractivity contribution >= 4 is 5.91 Å². The van der Waals surface area contributed by atoms with E-state index in [4.69, 9.17) is 4.42 Å². The quantitative estimate of drug-likeness (QED) is 0.777. The van der Waals surface area contributed by atoms with Gasteiger partial charge >= 0.3 is 0 Å². The molecule has 0 saturated heterocycles. The number of benzene rings is 2. The van der Waals surface area contributed by atoms with Gasteiger partial charge in [-0.15, -0.1) is 0 Å². The number of amides is 1. The number of aryl methyl sites for hydroxylation is 2. The summed E-state index contributed by atoms with van der Waals surface area (Å²) in [5, 5.41) is 2.92. The molecule has 1 heterocycles. The molecule has 0 saturated carbocycles. The second kappa shape index (κ2) is 7.13. The molecular formula is C20H20N2O2. The number of nitrogens with zero attached hydrogens (tertiary/aromatic N) is 1. The lowest BCUT2D eigenvalue weighted by atomic mass is 10.1. The SMILES string of the molecule is Cc1ccc(CNC(=O)Cc2nc(-c3ccccc3)oc2C)cc1. The number of oxazole rings is 1. The van der Waals surface area contributed by atoms with E-state index in [2.05, 4.69) is 10.3 Å². The Morgan fingerprint density at radius 2 is 1.75 bits per heavy atom. The van der Waals surface area contributed by atoms with E-state index in [9.17, 15) is 4.79 Å². The molecule has 1 aromatic heterocycles. The van der Waals surface area contributed by atoms with Gasteiger partial charge in [0, 0.05) is 12.1 Å². The van der Waals surface area contributed by atoms with Gasteiger partial charge in [-0.25, -0.2) is 4.98 Å². The molecule has 0 atom stereocenters. The van der Waals surface area contributed by atoms with Gasteiger partial charge in [0.2, 0.25) is 11.8 Å². The molecule has 3 rings (SSSR count). The van der Waals surface area contributed by atoms with Crippen LogP contribution in [0.2, 0.25) is 0 Å². The average Bonchev–Trinajstić information content (AvgIpc) is 2.96. The molecule has 4 nitrogen and oxygen atoms in total. The fourth-order valence-corrected chi connectivity index (χ4v) is 2.42. The van der Waals surface area contributed by atoms with Crippen LogP contribution < -0.4 is 5.32 Å². The third-order valence-corrected chi connectivity index (χ3v) is 3.85. The van der Waals surface area contributed by atoms with Crippen molar-refractivity contribution in [1.29, 1.82) is 0 Å². The molecule has 0 fully saturated rings. The molecule has 0 unspecified atom stereocenters. The fraction of sp³-hybridized carbons (Fsp3) is 0.200. The highest BCUT2D eigenvalue weighted by molar-refractivity contribution is 5.78. The summed E-state index contributed by atoms with van der Waals surface area (Å²) < 4.78 is 5.69. The molecule has 3 aromatic rings. The smallest absolute Gasteiger partial charge is 0.226 e. The third-order valence-electron chi connectivity index (χ3n) is 3.85. The second-order valence-corrected chi connectivity index (χ2v) is 5.83. The zero-order valence-electron chi connectivity index (χ0n) is 13.9. The van der Waals surface area contributed by atoms with Crippen LogP contribution in [0.4, 0.5) is 0 Å². The maximum atomic E-state index is 12.2. The topological polar surface area (TPSA) is 55.1 Å². The third kappa shape index (κ3) is 3.90. The number of rotatable bonds is 5. The lowest BCUT2D eigenvalue weighted by molar-refractivity contribution is -0.120. The van der Waals surface area contributed by atoms with E-state index in [0.717, 1.165) is 11.1 Å². The molecular weight excluding hydrogens is 300 g/mol. The van der Waals surface area contributed by atoms with Crippen LogP contribution in [0.25, 0.3) is 11.5 Å². The fourth-order valence-electron chi connectivity index (χ4n) is 2.42. The number of carbonyl (C=O) groups excluding carboxylic acids is 1. The largest absolute Gasteiger partial charge is 0.441 e. The van der Waals surface area contributed by atoms with Crippen LogP contribution in [-0.4, -0.2) is 10.9 Å². The first-order valence-electron chi connectivity index (χ1n) is 7.96. The number of nitrogens with one attached hydrogen (secondary N) is 1. The first-order valence-corrected chi connectivity index (χ1v) is 7.96. The van der Waals surface area contributed by atoms with E-state index in [1.807, 2.05) is 68.4 Å². The van der Waals surface area contributed by atoms with Crippen LogP contribution in [-0.2, 0) is 17.8 Å². The number of hydrogen-bond donors (Lipinski definition) is 1. The lowest BCUT2D eigenvalue weighted by Gasteiger charge is -2.05. The molecule has 1 amide bonds. The number of aromatic nitrogens is 1. The van der Waals surface area contributed by atoms with E-state index in [0.29, 0.717) is 23.9 Å². The Morgan fingerprint density at radius 3 is 2.46 bits per heavy atom. The van der Waals surface area contributed by atoms with E-state index in [1.54, 1.807) is 0 Å². The predicted octanol–water partition coefficient (Wildman–Crippen LogP) is 3.82. The first-order chi connectivity index (χ1) is 11.6. The Morgan fingerprint density at radius 1 is 1.04 bits per heavy atom. The summed E-state index contributed by atoms with van der Waals surface area (Å²) in [5.41, 5.74) is 3.87. The monoisotopic (exact) mass is 320 g/mol. The van der Waals surface area contributed by atoms with E-state index >= 15 is 0 Å². The van der Waals surface area contributed by atoms with Crippen LogP contribution in [0, 0.1) is 13.8 Å². The van der Waals surface area contributed by atoms with Crippen molar-refractivity contribution in [3.8, 4) is 11.5 Å². The van der Waals surface area contributed by atoms with Gasteiger partial charge in [0.25, 0.3) is 0 Å². The van der Waals surface area contributed by atoms with Gasteiger partial charge in [-0.2, -0.15) is 0 Å². The van der Waals surface area contributed by atoms with Gasteiger partial charge < -0.3 is 9.73 Å². The van der Waals surface area contributed by atoms with Crippen molar-refractivity contribution in [2.75, 3.05) is 0 Å². The van der Waals surface area contributed by atoms with Crippen molar-refractivity contribution in [1.82, 2.24) is 10.3 Å². The van der Waals surface area contributed by atoms with Crippen molar-refractivity contribution in [2.45, 2.75) is 26.8 Å². The summed E-state index contributed by atoms with van der Waals surface area (Å²) >= 11 is 0. The second-order valence-electron chi connectivity index (χ2n) is 5.83. The zero-order chi connectivity index (χ0) is 16.9. The Kier molecular flexibility index (Phi) is 4.75. The minimum absolute atomic E-state index is 0.0633. The summed E-state index contributed by atoms with van der Waals surface area (Å²) in [5.74, 6) is 1.17. The zero-order valence-corrected chi connectivity index (χ0v) is 13.9. The lowest BCUT2D eigenvalue weighted by Crippen LogP contribution is -2.24. The van der Waals surface area contributed by atoms with Crippen LogP contribution in [0.15, 0.2) is 59.0 Å². The van der Waals surface area contributed by atoms with Gasteiger partial charge in [0.15, 0.2) is 0 Å². The highest BCUT2D eigenvalue weighted by Gasteiger charge is 2.14. The van der Waals surface area contributed by atoms with E-state index < -0.39 is 0 Å². The van der Waals surface area contributed by atoms with Crippen molar-refractivity contribution in [3.05, 3.63) is 77.2 Å². The molecule has 0 radical (unpaired) electrons. The summed E-state index contributed by atoms with van der Waals surface area (Å²) in [4.78, 5) is 16.6. The van der Waals surface area contributed by atoms with Crippen molar-refractivity contribution < 1.29 is 9.21 Å². The molecule has 0 spiro atoms. The van der Waals surface area contributed by atoms with Crippen LogP contribution in [0.5, 0.6) is 0 Å². The molecule has 2 aromatic carbocycles. The Labute approximate surface area is 141 Å². The predicted molar refractivity (Wildman–Crippen MR) is 93.4 cm³/mol. The van der Waals surface area contributed by atoms with Gasteiger partial charge in [-0.1, -0.05) is 48.0 Å². The maximum absolute atomic E-state index is 12.2. The van der Waals surface area contributed by atoms with E-state index in [1.165, 1.54) is 5.56 Å². The summed E-state index contributed by atoms with van der Waals surface area (Å²) in [6, 6.07) is 17.8. The average molecular weight is 320 g/mol. The molecule has 24 heavy (non-hydrogen) atoms. The minimum Gasteiger partial charge on any atom is -0.441 e. The molecule has 122 valence electrons. The molecule has 0 aliphatic heterocycles. The highest BCUT2D eigenvalue weighted by Crippen LogP contribution is 2.21. The Balaban J connectivity index is 1.62. The van der Waals surface area contributed by atoms with Gasteiger partial charge in [0.05, 0.1) is 12.1 Å². The molecule has 0 aliphatic rings. The van der Waals surface area contributed by atoms with Crippen LogP contribution >= 0.6 is 0 Å². The normalized spacial score (nSPS) is 10.6. The molecule has 4 heteroatoms. The standard InChI is InChI=1S/C20H20N2O2/c1-14-8-10-16(11-9-14)13-21-19(23)12-18-15(2)24-20(22-18)17-6-4-3-5-7-17/h3-11H,12-13H2,1-2H3,(H,21,23). The van der Waals surface area contributed by atoms with Gasteiger partial charge in [-0.3, -0.25) is 4.79 Å². The van der Waals surface area contributed by atoms with Crippen LogP contribution in [0.3, 0.4) is 0 Å². The maximum Gasteiger partial charge on any atom is 0.226 e. The van der Waals surface area contributed by atoms with Crippen molar-refractivity contribution in [3.63, 3.8) is 0 Å². The summed E-state index contributed by atoms with van der Waals surface area (Å²) in [6.45, 7) is 4.39. The molecule has 1 N–H and O–H groups in total. The molecule has 0 aliphatic carbocycles. The Hall–Kier alpha value is -2.88. The van der Waals surface area contributed by atoms with Gasteiger partial charge in [0.1, 0.15) is 5.76 Å². The summed E-state index contributed by atoms with van der Waals surface area (Å²) in [7, 11) is 0. The molecule has 0 bridgehead atoms. The van der Waals surface area contributed by atoms with Gasteiger partial charge in [-0.05, 0) is 31.5 Å². The minimum atomic E-state index is -0.0633. The first kappa shape index (κ1) is 16.0. The summed E-state index contributed by atoms with van der Waals surface area (Å²) in [6.07, 6.45) is 0.216. The van der Waals surface area contributed by atoms with E-state index in [-0.39, 0.29) is 12.3 Å². The number of carbonyl (C=O) groups is 1. The Bertz CT molecular complexity index is 821. The highest BCUT2D eigenvalue weighted by atomic mass is 16.4.